The van der Waals surface area contributed by atoms with Crippen LogP contribution in [-0.4, -0.2) is 30.6 Å². The van der Waals surface area contributed by atoms with Crippen molar-refractivity contribution >= 4 is 5.97 Å². The fourth-order valence-corrected chi connectivity index (χ4v) is 0.536. The van der Waals surface area contributed by atoms with Crippen LogP contribution in [0.3, 0.4) is 0 Å². The van der Waals surface area contributed by atoms with E-state index in [1.54, 1.807) is 6.92 Å². The third-order valence-electron chi connectivity index (χ3n) is 0.811. The molecule has 1 N–H and O–H groups in total. The summed E-state index contributed by atoms with van der Waals surface area (Å²) in [6.07, 6.45) is -0.287. The summed E-state index contributed by atoms with van der Waals surface area (Å²) in [5.41, 5.74) is 0. The molecule has 0 amide bonds. The van der Waals surface area contributed by atoms with E-state index < -0.39 is 0 Å². The molecule has 1 unspecified atom stereocenters. The number of rotatable bonds is 4. The maximum atomic E-state index is 10.3. The quantitative estimate of drug-likeness (QED) is 0.447. The number of esters is 1. The van der Waals surface area contributed by atoms with Crippen molar-refractivity contribution in [3.63, 3.8) is 0 Å². The van der Waals surface area contributed by atoms with Gasteiger partial charge >= 0.3 is 5.97 Å². The number of carbonyl (C=O) groups excluding carboxylic acids is 1. The largest absolute Gasteiger partial charge is 0.460 e. The first kappa shape index (κ1) is 9.39. The van der Waals surface area contributed by atoms with Gasteiger partial charge in [0, 0.05) is 6.92 Å². The van der Waals surface area contributed by atoms with Gasteiger partial charge in [0.1, 0.15) is 12.9 Å². The first-order chi connectivity index (χ1) is 4.66. The number of aliphatic hydroxyl groups is 1. The van der Waals surface area contributed by atoms with Crippen LogP contribution in [0.1, 0.15) is 13.8 Å². The smallest absolute Gasteiger partial charge is 0.302 e. The number of hydrogen-bond acceptors (Lipinski definition) is 4. The molecule has 0 aliphatic carbocycles. The summed E-state index contributed by atoms with van der Waals surface area (Å²) in [5, 5.41) is 8.19. The van der Waals surface area contributed by atoms with E-state index in [1.165, 1.54) is 6.92 Å². The van der Waals surface area contributed by atoms with E-state index in [4.69, 9.17) is 5.11 Å². The molecule has 0 aromatic rings. The molecule has 0 heterocycles. The zero-order chi connectivity index (χ0) is 7.98. The number of hydrogen-bond donors (Lipinski definition) is 1. The van der Waals surface area contributed by atoms with Crippen molar-refractivity contribution < 1.29 is 19.4 Å². The van der Waals surface area contributed by atoms with Gasteiger partial charge in [0.15, 0.2) is 0 Å². The van der Waals surface area contributed by atoms with Crippen LogP contribution < -0.4 is 0 Å². The molecule has 0 aromatic carbocycles. The van der Waals surface area contributed by atoms with Crippen LogP contribution in [0.4, 0.5) is 0 Å². The van der Waals surface area contributed by atoms with E-state index in [-0.39, 0.29) is 25.5 Å². The SMILES string of the molecule is CC(=O)OC(C)COCO. The van der Waals surface area contributed by atoms with Crippen molar-refractivity contribution in [2.45, 2.75) is 20.0 Å². The van der Waals surface area contributed by atoms with Gasteiger partial charge in [-0.3, -0.25) is 4.79 Å². The van der Waals surface area contributed by atoms with Crippen LogP contribution >= 0.6 is 0 Å². The molecule has 0 saturated heterocycles. The van der Waals surface area contributed by atoms with Crippen LogP contribution in [0.5, 0.6) is 0 Å². The average Bonchev–Trinajstić information content (AvgIpc) is 1.82. The molecule has 0 aromatic heterocycles. The highest BCUT2D eigenvalue weighted by atomic mass is 16.6. The summed E-state index contributed by atoms with van der Waals surface area (Å²) in [6, 6.07) is 0. The fourth-order valence-electron chi connectivity index (χ4n) is 0.536. The summed E-state index contributed by atoms with van der Waals surface area (Å²) < 4.78 is 9.25. The van der Waals surface area contributed by atoms with Crippen molar-refractivity contribution in [3.8, 4) is 0 Å². The van der Waals surface area contributed by atoms with Crippen LogP contribution in [0.15, 0.2) is 0 Å². The number of ether oxygens (including phenoxy) is 2. The lowest BCUT2D eigenvalue weighted by molar-refractivity contribution is -0.150. The highest BCUT2D eigenvalue weighted by molar-refractivity contribution is 5.66. The fraction of sp³-hybridized carbons (Fsp3) is 0.833. The molecule has 0 spiro atoms. The van der Waals surface area contributed by atoms with Crippen molar-refractivity contribution in [2.24, 2.45) is 0 Å². The molecule has 60 valence electrons. The highest BCUT2D eigenvalue weighted by Gasteiger charge is 2.03. The van der Waals surface area contributed by atoms with Gasteiger partial charge < -0.3 is 14.6 Å². The Morgan fingerprint density at radius 2 is 2.30 bits per heavy atom. The molecule has 10 heavy (non-hydrogen) atoms. The van der Waals surface area contributed by atoms with Gasteiger partial charge in [0.25, 0.3) is 0 Å². The summed E-state index contributed by atoms with van der Waals surface area (Å²) in [6.45, 7) is 2.91. The zero-order valence-electron chi connectivity index (χ0n) is 6.16. The summed E-state index contributed by atoms with van der Waals surface area (Å²) in [4.78, 5) is 10.3. The molecule has 0 bridgehead atoms. The first-order valence-corrected chi connectivity index (χ1v) is 3.02. The van der Waals surface area contributed by atoms with Gasteiger partial charge in [-0.15, -0.1) is 0 Å². The predicted octanol–water partition coefficient (Wildman–Crippen LogP) is -0.0956. The van der Waals surface area contributed by atoms with E-state index in [9.17, 15) is 4.79 Å². The van der Waals surface area contributed by atoms with Crippen LogP contribution in [-0.2, 0) is 14.3 Å². The van der Waals surface area contributed by atoms with Crippen molar-refractivity contribution in [3.05, 3.63) is 0 Å². The lowest BCUT2D eigenvalue weighted by atomic mass is 10.4. The van der Waals surface area contributed by atoms with E-state index in [0.717, 1.165) is 0 Å². The highest BCUT2D eigenvalue weighted by Crippen LogP contribution is 1.91. The molecule has 0 aliphatic rings. The normalized spacial score (nSPS) is 12.7. The topological polar surface area (TPSA) is 55.8 Å². The molecule has 0 radical (unpaired) electrons. The van der Waals surface area contributed by atoms with E-state index in [2.05, 4.69) is 9.47 Å². The molecule has 4 nitrogen and oxygen atoms in total. The Hall–Kier alpha value is -0.610. The molecular formula is C6H12O4. The Kier molecular flexibility index (Phi) is 4.88. The van der Waals surface area contributed by atoms with E-state index in [1.807, 2.05) is 0 Å². The van der Waals surface area contributed by atoms with Gasteiger partial charge in [0.2, 0.25) is 0 Å². The number of carbonyl (C=O) groups is 1. The Morgan fingerprint density at radius 1 is 1.70 bits per heavy atom. The average molecular weight is 148 g/mol. The van der Waals surface area contributed by atoms with Crippen molar-refractivity contribution in [1.82, 2.24) is 0 Å². The molecule has 0 rings (SSSR count). The van der Waals surface area contributed by atoms with Gasteiger partial charge in [0.05, 0.1) is 6.61 Å². The Bertz CT molecular complexity index is 102. The van der Waals surface area contributed by atoms with Gasteiger partial charge in [-0.25, -0.2) is 0 Å². The van der Waals surface area contributed by atoms with E-state index >= 15 is 0 Å². The van der Waals surface area contributed by atoms with Crippen molar-refractivity contribution in [2.75, 3.05) is 13.4 Å². The second kappa shape index (κ2) is 5.20. The van der Waals surface area contributed by atoms with Crippen LogP contribution in [0, 0.1) is 0 Å². The Balaban J connectivity index is 3.25. The maximum absolute atomic E-state index is 10.3. The minimum Gasteiger partial charge on any atom is -0.460 e. The summed E-state index contributed by atoms with van der Waals surface area (Å²) in [7, 11) is 0. The first-order valence-electron chi connectivity index (χ1n) is 3.02. The lowest BCUT2D eigenvalue weighted by Crippen LogP contribution is -2.18. The molecular weight excluding hydrogens is 136 g/mol. The molecule has 1 atom stereocenters. The summed E-state index contributed by atoms with van der Waals surface area (Å²) >= 11 is 0. The van der Waals surface area contributed by atoms with Crippen LogP contribution in [0.2, 0.25) is 0 Å². The predicted molar refractivity (Wildman–Crippen MR) is 34.3 cm³/mol. The zero-order valence-corrected chi connectivity index (χ0v) is 6.16. The minimum absolute atomic E-state index is 0.232. The second-order valence-corrected chi connectivity index (χ2v) is 1.92. The molecule has 4 heteroatoms. The Labute approximate surface area is 59.7 Å². The lowest BCUT2D eigenvalue weighted by Gasteiger charge is -2.09. The number of aliphatic hydroxyl groups excluding tert-OH is 1. The van der Waals surface area contributed by atoms with Crippen LogP contribution in [0.25, 0.3) is 0 Å². The standard InChI is InChI=1S/C6H12O4/c1-5(3-9-4-7)10-6(2)8/h5,7H,3-4H2,1-2H3. The second-order valence-electron chi connectivity index (χ2n) is 1.92. The monoisotopic (exact) mass is 148 g/mol. The molecule has 0 saturated carbocycles. The minimum atomic E-state index is -0.342. The van der Waals surface area contributed by atoms with E-state index in [0.29, 0.717) is 0 Å². The molecule has 0 aliphatic heterocycles. The van der Waals surface area contributed by atoms with Crippen molar-refractivity contribution in [1.29, 1.82) is 0 Å². The Morgan fingerprint density at radius 3 is 2.70 bits per heavy atom. The van der Waals surface area contributed by atoms with Gasteiger partial charge in [-0.1, -0.05) is 0 Å². The molecule has 0 fully saturated rings. The summed E-state index contributed by atoms with van der Waals surface area (Å²) in [5.74, 6) is -0.339. The van der Waals surface area contributed by atoms with Gasteiger partial charge in [-0.05, 0) is 6.92 Å². The third kappa shape index (κ3) is 5.53. The maximum Gasteiger partial charge on any atom is 0.302 e. The van der Waals surface area contributed by atoms with Gasteiger partial charge in [-0.2, -0.15) is 0 Å². The third-order valence-corrected chi connectivity index (χ3v) is 0.811.